The monoisotopic (exact) mass is 327 g/mol. The number of thiophene rings is 1. The fourth-order valence-electron chi connectivity index (χ4n) is 2.56. The van der Waals surface area contributed by atoms with Crippen molar-refractivity contribution in [1.82, 2.24) is 9.78 Å². The van der Waals surface area contributed by atoms with Crippen LogP contribution in [0.4, 0.5) is 0 Å². The summed E-state index contributed by atoms with van der Waals surface area (Å²) in [5.41, 5.74) is 9.76. The summed E-state index contributed by atoms with van der Waals surface area (Å²) in [5, 5.41) is 5.10. The Morgan fingerprint density at radius 3 is 3.00 bits per heavy atom. The van der Waals surface area contributed by atoms with Crippen molar-refractivity contribution in [3.8, 4) is 0 Å². The van der Waals surface area contributed by atoms with Gasteiger partial charge in [0.1, 0.15) is 0 Å². The molecule has 0 aliphatic carbocycles. The molecular weight excluding hydrogens is 310 g/mol. The largest absolute Gasteiger partial charge is 0.323 e. The van der Waals surface area contributed by atoms with Crippen molar-refractivity contribution in [1.29, 1.82) is 0 Å². The van der Waals surface area contributed by atoms with Crippen LogP contribution in [-0.4, -0.2) is 15.5 Å². The Hall–Kier alpha value is -0.490. The van der Waals surface area contributed by atoms with E-state index >= 15 is 0 Å². The van der Waals surface area contributed by atoms with Gasteiger partial charge in [-0.1, -0.05) is 11.6 Å². The molecule has 0 bridgehead atoms. The minimum absolute atomic E-state index is 0.00269. The third-order valence-corrected chi connectivity index (χ3v) is 6.56. The van der Waals surface area contributed by atoms with Gasteiger partial charge in [-0.05, 0) is 30.7 Å². The molecule has 0 fully saturated rings. The molecule has 2 aromatic rings. The fraction of sp³-hybridized carbons (Fsp3) is 0.500. The van der Waals surface area contributed by atoms with Gasteiger partial charge in [0.2, 0.25) is 0 Å². The second kappa shape index (κ2) is 5.72. The maximum atomic E-state index is 6.39. The average Bonchev–Trinajstić information content (AvgIpc) is 2.95. The molecule has 0 saturated carbocycles. The van der Waals surface area contributed by atoms with E-state index in [0.717, 1.165) is 28.6 Å². The lowest BCUT2D eigenvalue weighted by Crippen LogP contribution is -2.14. The molecule has 1 atom stereocenters. The molecule has 0 amide bonds. The van der Waals surface area contributed by atoms with E-state index in [-0.39, 0.29) is 6.04 Å². The minimum atomic E-state index is 0.00269. The Balaban J connectivity index is 1.82. The second-order valence-corrected chi connectivity index (χ2v) is 7.83. The molecule has 3 rings (SSSR count). The minimum Gasteiger partial charge on any atom is -0.323 e. The number of rotatable bonds is 3. The quantitative estimate of drug-likeness (QED) is 0.938. The number of hydrogen-bond donors (Lipinski definition) is 1. The SMILES string of the molecule is Cc1nn(C)c(CC(N)c2cc3c(s2)CCSC3)c1Cl. The number of nitrogens with zero attached hydrogens (tertiary/aromatic N) is 2. The van der Waals surface area contributed by atoms with Gasteiger partial charge >= 0.3 is 0 Å². The number of fused-ring (bicyclic) bond motifs is 1. The maximum absolute atomic E-state index is 6.39. The highest BCUT2D eigenvalue weighted by molar-refractivity contribution is 7.98. The van der Waals surface area contributed by atoms with Gasteiger partial charge in [-0.15, -0.1) is 11.3 Å². The zero-order valence-electron chi connectivity index (χ0n) is 11.6. The molecular formula is C14H18ClN3S2. The molecule has 3 nitrogen and oxygen atoms in total. The van der Waals surface area contributed by atoms with Crippen molar-refractivity contribution in [3.63, 3.8) is 0 Å². The van der Waals surface area contributed by atoms with Crippen molar-refractivity contribution in [2.24, 2.45) is 12.8 Å². The van der Waals surface area contributed by atoms with Gasteiger partial charge in [-0.3, -0.25) is 4.68 Å². The average molecular weight is 328 g/mol. The third kappa shape index (κ3) is 2.64. The summed E-state index contributed by atoms with van der Waals surface area (Å²) in [4.78, 5) is 2.79. The zero-order chi connectivity index (χ0) is 14.3. The van der Waals surface area contributed by atoms with Crippen molar-refractivity contribution in [3.05, 3.63) is 37.8 Å². The first-order valence-electron chi connectivity index (χ1n) is 6.69. The normalized spacial score (nSPS) is 16.2. The number of aromatic nitrogens is 2. The van der Waals surface area contributed by atoms with E-state index in [1.54, 1.807) is 0 Å². The molecule has 1 unspecified atom stereocenters. The van der Waals surface area contributed by atoms with Gasteiger partial charge in [0.05, 0.1) is 16.4 Å². The molecule has 0 radical (unpaired) electrons. The fourth-order valence-corrected chi connectivity index (χ4v) is 5.18. The van der Waals surface area contributed by atoms with Crippen LogP contribution in [0.2, 0.25) is 5.02 Å². The maximum Gasteiger partial charge on any atom is 0.0847 e. The topological polar surface area (TPSA) is 43.8 Å². The Kier molecular flexibility index (Phi) is 4.13. The molecule has 1 aliphatic rings. The summed E-state index contributed by atoms with van der Waals surface area (Å²) < 4.78 is 1.85. The lowest BCUT2D eigenvalue weighted by atomic mass is 10.1. The lowest BCUT2D eigenvalue weighted by molar-refractivity contribution is 0.645. The van der Waals surface area contributed by atoms with Crippen LogP contribution >= 0.6 is 34.7 Å². The van der Waals surface area contributed by atoms with Gasteiger partial charge in [-0.25, -0.2) is 0 Å². The molecule has 2 N–H and O–H groups in total. The predicted molar refractivity (Wildman–Crippen MR) is 87.8 cm³/mol. The number of hydrogen-bond acceptors (Lipinski definition) is 4. The Morgan fingerprint density at radius 1 is 1.55 bits per heavy atom. The molecule has 0 saturated heterocycles. The van der Waals surface area contributed by atoms with E-state index < -0.39 is 0 Å². The van der Waals surface area contributed by atoms with E-state index in [1.165, 1.54) is 27.5 Å². The second-order valence-electron chi connectivity index (χ2n) is 5.18. The smallest absolute Gasteiger partial charge is 0.0847 e. The van der Waals surface area contributed by atoms with E-state index in [1.807, 2.05) is 41.8 Å². The molecule has 108 valence electrons. The van der Waals surface area contributed by atoms with Crippen LogP contribution in [0.25, 0.3) is 0 Å². The highest BCUT2D eigenvalue weighted by Gasteiger charge is 2.20. The summed E-state index contributed by atoms with van der Waals surface area (Å²) in [6.07, 6.45) is 1.92. The van der Waals surface area contributed by atoms with E-state index in [2.05, 4.69) is 11.2 Å². The molecule has 3 heterocycles. The first-order chi connectivity index (χ1) is 9.56. The lowest BCUT2D eigenvalue weighted by Gasteiger charge is -2.10. The third-order valence-electron chi connectivity index (χ3n) is 3.69. The molecule has 0 spiro atoms. The van der Waals surface area contributed by atoms with E-state index in [0.29, 0.717) is 0 Å². The first kappa shape index (κ1) is 14.4. The van der Waals surface area contributed by atoms with Crippen molar-refractivity contribution in [2.75, 3.05) is 5.75 Å². The van der Waals surface area contributed by atoms with Crippen LogP contribution in [0.5, 0.6) is 0 Å². The van der Waals surface area contributed by atoms with Crippen molar-refractivity contribution in [2.45, 2.75) is 31.6 Å². The summed E-state index contributed by atoms with van der Waals surface area (Å²) in [6, 6.07) is 2.29. The number of halogens is 1. The van der Waals surface area contributed by atoms with Gasteiger partial charge in [0, 0.05) is 35.0 Å². The van der Waals surface area contributed by atoms with Crippen molar-refractivity contribution < 1.29 is 0 Å². The van der Waals surface area contributed by atoms with Crippen molar-refractivity contribution >= 4 is 34.7 Å². The van der Waals surface area contributed by atoms with Crippen LogP contribution in [-0.2, 0) is 25.6 Å². The van der Waals surface area contributed by atoms with Gasteiger partial charge < -0.3 is 5.73 Å². The highest BCUT2D eigenvalue weighted by Crippen LogP contribution is 2.35. The van der Waals surface area contributed by atoms with Crippen LogP contribution in [0.15, 0.2) is 6.07 Å². The van der Waals surface area contributed by atoms with Gasteiger partial charge in [-0.2, -0.15) is 16.9 Å². The van der Waals surface area contributed by atoms with E-state index in [9.17, 15) is 0 Å². The molecule has 0 aromatic carbocycles. The summed E-state index contributed by atoms with van der Waals surface area (Å²) >= 11 is 10.2. The Morgan fingerprint density at radius 2 is 2.35 bits per heavy atom. The molecule has 20 heavy (non-hydrogen) atoms. The van der Waals surface area contributed by atoms with Crippen LogP contribution in [0.3, 0.4) is 0 Å². The molecule has 1 aliphatic heterocycles. The van der Waals surface area contributed by atoms with Gasteiger partial charge in [0.15, 0.2) is 0 Å². The first-order valence-corrected chi connectivity index (χ1v) is 9.04. The van der Waals surface area contributed by atoms with E-state index in [4.69, 9.17) is 17.3 Å². The summed E-state index contributed by atoms with van der Waals surface area (Å²) in [7, 11) is 1.93. The summed E-state index contributed by atoms with van der Waals surface area (Å²) in [5.74, 6) is 2.36. The zero-order valence-corrected chi connectivity index (χ0v) is 14.0. The molecule has 6 heteroatoms. The Bertz CT molecular complexity index is 609. The standard InChI is InChI=1S/C14H18ClN3S2/c1-8-14(15)11(18(2)17-8)6-10(16)13-5-9-7-19-4-3-12(9)20-13/h5,10H,3-4,6-7,16H2,1-2H3. The molecule has 2 aromatic heterocycles. The number of thioether (sulfide) groups is 1. The highest BCUT2D eigenvalue weighted by atomic mass is 35.5. The van der Waals surface area contributed by atoms with Crippen LogP contribution in [0, 0.1) is 6.92 Å². The summed E-state index contributed by atoms with van der Waals surface area (Å²) in [6.45, 7) is 1.93. The van der Waals surface area contributed by atoms with Crippen LogP contribution < -0.4 is 5.73 Å². The number of nitrogens with two attached hydrogens (primary N) is 1. The predicted octanol–water partition coefficient (Wildman–Crippen LogP) is 3.48. The van der Waals surface area contributed by atoms with Crippen LogP contribution in [0.1, 0.15) is 32.7 Å². The number of aryl methyl sites for hydroxylation is 3. The van der Waals surface area contributed by atoms with Gasteiger partial charge in [0.25, 0.3) is 0 Å². The Labute approximate surface area is 132 Å².